The number of aryl methyl sites for hydroxylation is 2. The molecule has 1 amide bonds. The molecule has 0 saturated heterocycles. The molecule has 0 bridgehead atoms. The second-order valence-corrected chi connectivity index (χ2v) is 9.57. The Morgan fingerprint density at radius 1 is 1.17 bits per heavy atom. The minimum Gasteiger partial charge on any atom is -0.496 e. The summed E-state index contributed by atoms with van der Waals surface area (Å²) in [6, 6.07) is 15.9. The molecule has 36 heavy (non-hydrogen) atoms. The van der Waals surface area contributed by atoms with E-state index in [0.717, 1.165) is 47.4 Å². The van der Waals surface area contributed by atoms with Crippen molar-refractivity contribution in [2.45, 2.75) is 38.5 Å². The molecule has 1 unspecified atom stereocenters. The molecule has 0 saturated carbocycles. The molecule has 1 N–H and O–H groups in total. The average Bonchev–Trinajstić information content (AvgIpc) is 3.31. The zero-order valence-electron chi connectivity index (χ0n) is 21.7. The van der Waals surface area contributed by atoms with Gasteiger partial charge in [0.25, 0.3) is 0 Å². The highest BCUT2D eigenvalue weighted by atomic mass is 16.5. The lowest BCUT2D eigenvalue weighted by Gasteiger charge is -2.31. The molecule has 7 heteroatoms. The van der Waals surface area contributed by atoms with E-state index >= 15 is 0 Å². The Morgan fingerprint density at radius 2 is 1.94 bits per heavy atom. The number of carbonyl (C=O) groups is 1. The van der Waals surface area contributed by atoms with E-state index in [1.54, 1.807) is 14.0 Å². The van der Waals surface area contributed by atoms with Crippen molar-refractivity contribution < 1.29 is 14.1 Å². The van der Waals surface area contributed by atoms with Crippen LogP contribution in [0.1, 0.15) is 42.6 Å². The Labute approximate surface area is 212 Å². The third-order valence-electron chi connectivity index (χ3n) is 6.54. The number of methoxy groups -OCH3 is 1. The Bertz CT molecular complexity index is 1280. The lowest BCUT2D eigenvalue weighted by Crippen LogP contribution is -2.41. The van der Waals surface area contributed by atoms with Crippen LogP contribution in [0.5, 0.6) is 5.75 Å². The molecule has 0 fully saturated rings. The van der Waals surface area contributed by atoms with Gasteiger partial charge in [-0.15, -0.1) is 0 Å². The number of hydrogen-bond donors (Lipinski definition) is 1. The number of amides is 1. The minimum atomic E-state index is -1.08. The molecule has 0 radical (unpaired) electrons. The predicted octanol–water partition coefficient (Wildman–Crippen LogP) is 5.19. The normalized spacial score (nSPS) is 17.5. The zero-order chi connectivity index (χ0) is 25.7. The van der Waals surface area contributed by atoms with Gasteiger partial charge in [-0.1, -0.05) is 53.2 Å². The number of allylic oxidation sites excluding steroid dienone is 3. The lowest BCUT2D eigenvalue weighted by atomic mass is 9.74. The maximum absolute atomic E-state index is 13.9. The van der Waals surface area contributed by atoms with Gasteiger partial charge in [0.2, 0.25) is 11.8 Å². The first-order valence-corrected chi connectivity index (χ1v) is 12.2. The molecule has 1 heterocycles. The van der Waals surface area contributed by atoms with Gasteiger partial charge in [0.05, 0.1) is 7.11 Å². The number of rotatable bonds is 9. The van der Waals surface area contributed by atoms with Crippen LogP contribution in [0.25, 0.3) is 5.57 Å². The molecule has 1 aliphatic carbocycles. The van der Waals surface area contributed by atoms with Crippen LogP contribution in [0.4, 0.5) is 5.69 Å². The van der Waals surface area contributed by atoms with Crippen LogP contribution in [0.3, 0.4) is 0 Å². The first-order valence-electron chi connectivity index (χ1n) is 12.2. The Morgan fingerprint density at radius 3 is 2.58 bits per heavy atom. The van der Waals surface area contributed by atoms with Gasteiger partial charge in [0.15, 0.2) is 5.82 Å². The summed E-state index contributed by atoms with van der Waals surface area (Å²) in [4.78, 5) is 20.5. The third-order valence-corrected chi connectivity index (χ3v) is 6.54. The fourth-order valence-corrected chi connectivity index (χ4v) is 4.67. The fraction of sp³-hybridized carbons (Fsp3) is 0.345. The van der Waals surface area contributed by atoms with E-state index in [-0.39, 0.29) is 5.91 Å². The summed E-state index contributed by atoms with van der Waals surface area (Å²) in [7, 11) is 5.79. The van der Waals surface area contributed by atoms with Gasteiger partial charge in [-0.2, -0.15) is 4.98 Å². The van der Waals surface area contributed by atoms with E-state index in [0.29, 0.717) is 23.8 Å². The van der Waals surface area contributed by atoms with Gasteiger partial charge >= 0.3 is 0 Å². The fourth-order valence-electron chi connectivity index (χ4n) is 4.67. The predicted molar refractivity (Wildman–Crippen MR) is 142 cm³/mol. The molecule has 1 aliphatic rings. The van der Waals surface area contributed by atoms with Crippen molar-refractivity contribution in [3.05, 3.63) is 89.1 Å². The highest BCUT2D eigenvalue weighted by Gasteiger charge is 2.44. The molecule has 0 aliphatic heterocycles. The standard InChI is InChI=1S/C29H34N4O3/c1-20-19-29(27-30-21(2)36-32-27,16-15-25(20)22-10-7-6-8-11-22)28(34)31-24-13-14-26(35-5)23(18-24)12-9-17-33(3)4/h6-8,10-11,13-16,18H,9,12,17,19H2,1-5H3,(H,31,34). The summed E-state index contributed by atoms with van der Waals surface area (Å²) in [5, 5.41) is 7.29. The van der Waals surface area contributed by atoms with Gasteiger partial charge in [-0.05, 0) is 81.7 Å². The summed E-state index contributed by atoms with van der Waals surface area (Å²) in [6.07, 6.45) is 6.19. The van der Waals surface area contributed by atoms with Gasteiger partial charge in [0, 0.05) is 12.6 Å². The van der Waals surface area contributed by atoms with Crippen molar-refractivity contribution in [2.24, 2.45) is 0 Å². The van der Waals surface area contributed by atoms with Gasteiger partial charge < -0.3 is 19.5 Å². The first-order chi connectivity index (χ1) is 17.3. The maximum Gasteiger partial charge on any atom is 0.242 e. The number of benzene rings is 2. The highest BCUT2D eigenvalue weighted by molar-refractivity contribution is 6.02. The van der Waals surface area contributed by atoms with Crippen molar-refractivity contribution in [2.75, 3.05) is 33.1 Å². The average molecular weight is 487 g/mol. The van der Waals surface area contributed by atoms with Crippen molar-refractivity contribution in [1.29, 1.82) is 0 Å². The summed E-state index contributed by atoms with van der Waals surface area (Å²) < 4.78 is 10.9. The van der Waals surface area contributed by atoms with Crippen molar-refractivity contribution in [1.82, 2.24) is 15.0 Å². The number of hydrogen-bond acceptors (Lipinski definition) is 6. The van der Waals surface area contributed by atoms with Crippen LogP contribution in [-0.2, 0) is 16.6 Å². The number of aromatic nitrogens is 2. The second kappa shape index (κ2) is 10.9. The van der Waals surface area contributed by atoms with Crippen LogP contribution >= 0.6 is 0 Å². The third kappa shape index (κ3) is 5.41. The van der Waals surface area contributed by atoms with Crippen molar-refractivity contribution in [3.8, 4) is 5.75 Å². The van der Waals surface area contributed by atoms with Crippen LogP contribution in [0.2, 0.25) is 0 Å². The van der Waals surface area contributed by atoms with E-state index in [2.05, 4.69) is 53.5 Å². The maximum atomic E-state index is 13.9. The van der Waals surface area contributed by atoms with Crippen LogP contribution in [-0.4, -0.2) is 48.7 Å². The Hall–Kier alpha value is -3.71. The SMILES string of the molecule is COc1ccc(NC(=O)C2(c3noc(C)n3)C=CC(c3ccccc3)=C(C)C2)cc1CCCN(C)C. The molecule has 1 aromatic heterocycles. The molecule has 1 atom stereocenters. The Balaban J connectivity index is 1.64. The van der Waals surface area contributed by atoms with E-state index in [9.17, 15) is 4.79 Å². The first kappa shape index (κ1) is 25.4. The van der Waals surface area contributed by atoms with Gasteiger partial charge in [-0.25, -0.2) is 0 Å². The molecular formula is C29H34N4O3. The summed E-state index contributed by atoms with van der Waals surface area (Å²) in [5.74, 6) is 1.41. The molecule has 7 nitrogen and oxygen atoms in total. The lowest BCUT2D eigenvalue weighted by molar-refractivity contribution is -0.120. The summed E-state index contributed by atoms with van der Waals surface area (Å²) in [5.41, 5.74) is 3.99. The van der Waals surface area contributed by atoms with E-state index in [4.69, 9.17) is 9.26 Å². The smallest absolute Gasteiger partial charge is 0.242 e. The van der Waals surface area contributed by atoms with Crippen LogP contribution in [0.15, 0.2) is 70.8 Å². The van der Waals surface area contributed by atoms with Gasteiger partial charge in [-0.3, -0.25) is 4.79 Å². The quantitative estimate of drug-likeness (QED) is 0.448. The molecule has 4 rings (SSSR count). The molecule has 2 aromatic carbocycles. The molecule has 188 valence electrons. The topological polar surface area (TPSA) is 80.5 Å². The number of nitrogens with zero attached hydrogens (tertiary/aromatic N) is 3. The van der Waals surface area contributed by atoms with Crippen molar-refractivity contribution in [3.63, 3.8) is 0 Å². The minimum absolute atomic E-state index is 0.199. The molecular weight excluding hydrogens is 452 g/mol. The second-order valence-electron chi connectivity index (χ2n) is 9.57. The van der Waals surface area contributed by atoms with E-state index in [1.165, 1.54) is 0 Å². The monoisotopic (exact) mass is 486 g/mol. The summed E-state index contributed by atoms with van der Waals surface area (Å²) >= 11 is 0. The Kier molecular flexibility index (Phi) is 7.70. The van der Waals surface area contributed by atoms with Crippen molar-refractivity contribution >= 4 is 17.2 Å². The van der Waals surface area contributed by atoms with Gasteiger partial charge in [0.1, 0.15) is 11.2 Å². The molecule has 3 aromatic rings. The number of nitrogens with one attached hydrogen (secondary N) is 1. The number of ether oxygens (including phenoxy) is 1. The van der Waals surface area contributed by atoms with E-state index < -0.39 is 5.41 Å². The molecule has 0 spiro atoms. The summed E-state index contributed by atoms with van der Waals surface area (Å²) in [6.45, 7) is 4.76. The van der Waals surface area contributed by atoms with Crippen LogP contribution in [0, 0.1) is 6.92 Å². The number of anilines is 1. The largest absolute Gasteiger partial charge is 0.496 e. The number of carbonyl (C=O) groups excluding carboxylic acids is 1. The highest BCUT2D eigenvalue weighted by Crippen LogP contribution is 2.40. The zero-order valence-corrected chi connectivity index (χ0v) is 21.7. The van der Waals surface area contributed by atoms with E-state index in [1.807, 2.05) is 48.6 Å². The van der Waals surface area contributed by atoms with Crippen LogP contribution < -0.4 is 10.1 Å².